The van der Waals surface area contributed by atoms with Crippen LogP contribution in [0.5, 0.6) is 0 Å². The van der Waals surface area contributed by atoms with E-state index in [1.165, 1.54) is 0 Å². The lowest BCUT2D eigenvalue weighted by Crippen LogP contribution is -2.28. The van der Waals surface area contributed by atoms with E-state index in [-0.39, 0.29) is 6.03 Å². The van der Waals surface area contributed by atoms with Crippen LogP contribution >= 0.6 is 22.9 Å². The summed E-state index contributed by atoms with van der Waals surface area (Å²) in [5.74, 6) is 0. The molecule has 0 bridgehead atoms. The molecule has 0 aliphatic rings. The predicted molar refractivity (Wildman–Crippen MR) is 96.0 cm³/mol. The molecule has 124 valence electrons. The van der Waals surface area contributed by atoms with Gasteiger partial charge in [0.1, 0.15) is 5.01 Å². The minimum atomic E-state index is -0.271. The van der Waals surface area contributed by atoms with Crippen molar-refractivity contribution in [1.82, 2.24) is 15.2 Å². The lowest BCUT2D eigenvalue weighted by atomic mass is 10.3. The van der Waals surface area contributed by atoms with Crippen molar-refractivity contribution in [3.05, 3.63) is 45.4 Å². The predicted octanol–water partition coefficient (Wildman–Crippen LogP) is 3.96. The summed E-state index contributed by atoms with van der Waals surface area (Å²) in [6.45, 7) is 7.54. The van der Waals surface area contributed by atoms with Crippen LogP contribution in [0.25, 0.3) is 0 Å². The van der Waals surface area contributed by atoms with Crippen LogP contribution in [0.1, 0.15) is 24.5 Å². The smallest absolute Gasteiger partial charge is 0.319 e. The van der Waals surface area contributed by atoms with Gasteiger partial charge in [0.05, 0.1) is 12.2 Å². The number of nitrogens with zero attached hydrogens (tertiary/aromatic N) is 2. The summed E-state index contributed by atoms with van der Waals surface area (Å²) in [6, 6.07) is 6.77. The second-order valence-electron chi connectivity index (χ2n) is 5.01. The fourth-order valence-corrected chi connectivity index (χ4v) is 2.99. The van der Waals surface area contributed by atoms with E-state index in [9.17, 15) is 4.79 Å². The highest BCUT2D eigenvalue weighted by atomic mass is 35.5. The number of anilines is 1. The van der Waals surface area contributed by atoms with E-state index in [1.807, 2.05) is 5.38 Å². The molecule has 5 nitrogen and oxygen atoms in total. The Hall–Kier alpha value is -1.63. The van der Waals surface area contributed by atoms with Crippen LogP contribution in [-0.2, 0) is 13.1 Å². The molecule has 1 heterocycles. The summed E-state index contributed by atoms with van der Waals surface area (Å²) in [5, 5.41) is 9.08. The van der Waals surface area contributed by atoms with Crippen molar-refractivity contribution in [2.75, 3.05) is 18.4 Å². The van der Waals surface area contributed by atoms with E-state index >= 15 is 0 Å². The van der Waals surface area contributed by atoms with E-state index in [1.54, 1.807) is 35.6 Å². The van der Waals surface area contributed by atoms with E-state index in [2.05, 4.69) is 34.4 Å². The topological polar surface area (TPSA) is 57.3 Å². The third-order valence-corrected chi connectivity index (χ3v) is 4.49. The summed E-state index contributed by atoms with van der Waals surface area (Å²) in [5.41, 5.74) is 1.71. The molecule has 0 fully saturated rings. The van der Waals surface area contributed by atoms with Gasteiger partial charge in [-0.05, 0) is 31.3 Å². The molecule has 1 aromatic heterocycles. The molecule has 2 rings (SSSR count). The SMILES string of the molecule is CCN(CC)Cc1csc(CNC(=O)Nc2cccc(Cl)c2)n1. The minimum absolute atomic E-state index is 0.271. The van der Waals surface area contributed by atoms with Crippen LogP contribution in [0.2, 0.25) is 5.02 Å². The van der Waals surface area contributed by atoms with Crippen LogP contribution in [0.3, 0.4) is 0 Å². The van der Waals surface area contributed by atoms with Crippen molar-refractivity contribution in [3.8, 4) is 0 Å². The largest absolute Gasteiger partial charge is 0.331 e. The molecule has 0 aliphatic carbocycles. The number of amides is 2. The number of benzene rings is 1. The van der Waals surface area contributed by atoms with Gasteiger partial charge in [-0.2, -0.15) is 0 Å². The fraction of sp³-hybridized carbons (Fsp3) is 0.375. The Morgan fingerprint density at radius 2 is 2.13 bits per heavy atom. The number of urea groups is 1. The highest BCUT2D eigenvalue weighted by molar-refractivity contribution is 7.09. The Morgan fingerprint density at radius 1 is 1.35 bits per heavy atom. The molecule has 0 saturated heterocycles. The number of hydrogen-bond acceptors (Lipinski definition) is 4. The summed E-state index contributed by atoms with van der Waals surface area (Å²) >= 11 is 7.45. The van der Waals surface area contributed by atoms with E-state index in [0.717, 1.165) is 30.3 Å². The first-order valence-corrected chi connectivity index (χ1v) is 8.82. The molecule has 1 aromatic carbocycles. The molecule has 2 N–H and O–H groups in total. The lowest BCUT2D eigenvalue weighted by molar-refractivity contribution is 0.251. The van der Waals surface area contributed by atoms with Gasteiger partial charge in [-0.3, -0.25) is 4.90 Å². The van der Waals surface area contributed by atoms with Gasteiger partial charge in [-0.15, -0.1) is 11.3 Å². The van der Waals surface area contributed by atoms with Crippen molar-refractivity contribution >= 4 is 34.7 Å². The van der Waals surface area contributed by atoms with Crippen molar-refractivity contribution in [2.24, 2.45) is 0 Å². The second-order valence-corrected chi connectivity index (χ2v) is 6.39. The molecule has 2 amide bonds. The van der Waals surface area contributed by atoms with Crippen molar-refractivity contribution in [2.45, 2.75) is 26.9 Å². The zero-order valence-corrected chi connectivity index (χ0v) is 14.9. The molecule has 0 saturated carbocycles. The summed E-state index contributed by atoms with van der Waals surface area (Å²) in [7, 11) is 0. The standard InChI is InChI=1S/C16H21ClN4OS/c1-3-21(4-2)10-14-11-23-15(19-14)9-18-16(22)20-13-7-5-6-12(17)8-13/h5-8,11H,3-4,9-10H2,1-2H3,(H2,18,20,22). The van der Waals surface area contributed by atoms with Crippen LogP contribution in [0, 0.1) is 0 Å². The molecule has 0 spiro atoms. The fourth-order valence-electron chi connectivity index (χ4n) is 2.08. The van der Waals surface area contributed by atoms with Crippen LogP contribution in [-0.4, -0.2) is 29.0 Å². The summed E-state index contributed by atoms with van der Waals surface area (Å²) in [6.07, 6.45) is 0. The molecule has 0 radical (unpaired) electrons. The summed E-state index contributed by atoms with van der Waals surface area (Å²) in [4.78, 5) is 18.7. The number of aromatic nitrogens is 1. The Bertz CT molecular complexity index is 643. The normalized spacial score (nSPS) is 10.8. The molecule has 0 aliphatic heterocycles. The molecule has 2 aromatic rings. The van der Waals surface area contributed by atoms with Crippen molar-refractivity contribution in [3.63, 3.8) is 0 Å². The van der Waals surface area contributed by atoms with Crippen LogP contribution in [0.4, 0.5) is 10.5 Å². The Kier molecular flexibility index (Phi) is 6.83. The zero-order valence-electron chi connectivity index (χ0n) is 13.3. The minimum Gasteiger partial charge on any atom is -0.331 e. The Labute approximate surface area is 145 Å². The molecular weight excluding hydrogens is 332 g/mol. The maximum atomic E-state index is 11.9. The quantitative estimate of drug-likeness (QED) is 0.793. The van der Waals surface area contributed by atoms with E-state index in [4.69, 9.17) is 11.6 Å². The van der Waals surface area contributed by atoms with Gasteiger partial charge in [0, 0.05) is 22.6 Å². The highest BCUT2D eigenvalue weighted by Gasteiger charge is 2.08. The maximum Gasteiger partial charge on any atom is 0.319 e. The van der Waals surface area contributed by atoms with Gasteiger partial charge in [0.15, 0.2) is 0 Å². The number of thiazole rings is 1. The third kappa shape index (κ3) is 5.82. The first-order chi connectivity index (χ1) is 11.1. The van der Waals surface area contributed by atoms with Crippen LogP contribution < -0.4 is 10.6 Å². The van der Waals surface area contributed by atoms with E-state index < -0.39 is 0 Å². The number of carbonyl (C=O) groups excluding carboxylic acids is 1. The third-order valence-electron chi connectivity index (χ3n) is 3.36. The number of carbonyl (C=O) groups is 1. The molecule has 0 atom stereocenters. The number of halogens is 1. The first-order valence-electron chi connectivity index (χ1n) is 7.56. The Morgan fingerprint density at radius 3 is 2.83 bits per heavy atom. The lowest BCUT2D eigenvalue weighted by Gasteiger charge is -2.15. The maximum absolute atomic E-state index is 11.9. The van der Waals surface area contributed by atoms with Crippen molar-refractivity contribution in [1.29, 1.82) is 0 Å². The second kappa shape index (κ2) is 8.86. The highest BCUT2D eigenvalue weighted by Crippen LogP contribution is 2.15. The Balaban J connectivity index is 1.81. The van der Waals surface area contributed by atoms with Gasteiger partial charge >= 0.3 is 6.03 Å². The first kappa shape index (κ1) is 17.7. The zero-order chi connectivity index (χ0) is 16.7. The average Bonchev–Trinajstić information content (AvgIpc) is 2.98. The summed E-state index contributed by atoms with van der Waals surface area (Å²) < 4.78 is 0. The van der Waals surface area contributed by atoms with E-state index in [0.29, 0.717) is 17.3 Å². The molecule has 23 heavy (non-hydrogen) atoms. The van der Waals surface area contributed by atoms with Gasteiger partial charge in [0.25, 0.3) is 0 Å². The number of rotatable bonds is 7. The van der Waals surface area contributed by atoms with Gasteiger partial charge in [-0.25, -0.2) is 9.78 Å². The van der Waals surface area contributed by atoms with Gasteiger partial charge < -0.3 is 10.6 Å². The molecule has 0 unspecified atom stereocenters. The molecular formula is C16H21ClN4OS. The number of hydrogen-bond donors (Lipinski definition) is 2. The average molecular weight is 353 g/mol. The van der Waals surface area contributed by atoms with Gasteiger partial charge in [0.2, 0.25) is 0 Å². The van der Waals surface area contributed by atoms with Gasteiger partial charge in [-0.1, -0.05) is 31.5 Å². The van der Waals surface area contributed by atoms with Crippen molar-refractivity contribution < 1.29 is 4.79 Å². The number of nitrogens with one attached hydrogen (secondary N) is 2. The van der Waals surface area contributed by atoms with Crippen LogP contribution in [0.15, 0.2) is 29.6 Å². The monoisotopic (exact) mass is 352 g/mol. The molecule has 7 heteroatoms.